The van der Waals surface area contributed by atoms with E-state index in [1.807, 2.05) is 72.6 Å². The third kappa shape index (κ3) is 5.75. The molecule has 0 aliphatic carbocycles. The molecule has 5 heteroatoms. The molecule has 0 aromatic heterocycles. The van der Waals surface area contributed by atoms with Crippen molar-refractivity contribution in [1.82, 2.24) is 4.90 Å². The second-order valence-electron chi connectivity index (χ2n) is 7.20. The van der Waals surface area contributed by atoms with Gasteiger partial charge < -0.3 is 19.3 Å². The van der Waals surface area contributed by atoms with Crippen LogP contribution in [0.2, 0.25) is 0 Å². The highest BCUT2D eigenvalue weighted by Crippen LogP contribution is 2.31. The van der Waals surface area contributed by atoms with Crippen LogP contribution in [0.3, 0.4) is 0 Å². The number of aliphatic hydroxyl groups excluding tert-OH is 1. The lowest BCUT2D eigenvalue weighted by Crippen LogP contribution is -2.32. The quantitative estimate of drug-likeness (QED) is 0.545. The van der Waals surface area contributed by atoms with Crippen LogP contribution in [-0.2, 0) is 6.54 Å². The lowest BCUT2D eigenvalue weighted by molar-refractivity contribution is 0.0741. The van der Waals surface area contributed by atoms with E-state index in [0.717, 1.165) is 22.6 Å². The van der Waals surface area contributed by atoms with E-state index in [9.17, 15) is 5.11 Å². The Morgan fingerprint density at radius 2 is 1.53 bits per heavy atom. The summed E-state index contributed by atoms with van der Waals surface area (Å²) in [6.07, 6.45) is -0.611. The Balaban J connectivity index is 1.50. The van der Waals surface area contributed by atoms with Gasteiger partial charge in [0.1, 0.15) is 18.5 Å². The fourth-order valence-electron chi connectivity index (χ4n) is 3.41. The van der Waals surface area contributed by atoms with E-state index in [1.165, 1.54) is 5.56 Å². The average Bonchev–Trinajstić information content (AvgIpc) is 2.78. The highest BCUT2D eigenvalue weighted by Gasteiger charge is 2.14. The number of benzene rings is 3. The maximum absolute atomic E-state index is 10.4. The van der Waals surface area contributed by atoms with Gasteiger partial charge in [-0.05, 0) is 36.4 Å². The molecule has 1 atom stereocenters. The number of hydrogen-bond acceptors (Lipinski definition) is 5. The molecule has 0 saturated heterocycles. The molecule has 5 nitrogen and oxygen atoms in total. The van der Waals surface area contributed by atoms with Gasteiger partial charge in [-0.1, -0.05) is 54.6 Å². The van der Waals surface area contributed by atoms with Gasteiger partial charge in [0, 0.05) is 18.7 Å². The van der Waals surface area contributed by atoms with E-state index in [4.69, 9.17) is 14.2 Å². The summed E-state index contributed by atoms with van der Waals surface area (Å²) < 4.78 is 16.6. The number of methoxy groups -OCH3 is 2. The Hall–Kier alpha value is -3.02. The lowest BCUT2D eigenvalue weighted by Gasteiger charge is -2.22. The summed E-state index contributed by atoms with van der Waals surface area (Å²) in [5, 5.41) is 10.4. The molecular weight excluding hydrogens is 378 g/mol. The zero-order valence-corrected chi connectivity index (χ0v) is 17.7. The van der Waals surface area contributed by atoms with Crippen LogP contribution in [0.15, 0.2) is 72.8 Å². The summed E-state index contributed by atoms with van der Waals surface area (Å²) >= 11 is 0. The molecule has 3 aromatic rings. The topological polar surface area (TPSA) is 51.2 Å². The third-order valence-electron chi connectivity index (χ3n) is 4.85. The second-order valence-corrected chi connectivity index (χ2v) is 7.20. The summed E-state index contributed by atoms with van der Waals surface area (Å²) in [6.45, 7) is 1.33. The van der Waals surface area contributed by atoms with Crippen LogP contribution in [0.4, 0.5) is 0 Å². The SMILES string of the molecule is COc1cccc(CN(C)CC(O)COc2ccc(-c3ccccc3)cc2)c1OC. The number of hydrogen-bond donors (Lipinski definition) is 1. The van der Waals surface area contributed by atoms with Crippen LogP contribution < -0.4 is 14.2 Å². The number of para-hydroxylation sites is 1. The molecule has 0 fully saturated rings. The minimum Gasteiger partial charge on any atom is -0.493 e. The molecule has 0 aliphatic rings. The maximum atomic E-state index is 10.4. The van der Waals surface area contributed by atoms with Gasteiger partial charge in [-0.25, -0.2) is 0 Å². The fraction of sp³-hybridized carbons (Fsp3) is 0.280. The van der Waals surface area contributed by atoms with Crippen molar-refractivity contribution in [2.75, 3.05) is 34.4 Å². The minimum absolute atomic E-state index is 0.226. The molecule has 1 unspecified atom stereocenters. The van der Waals surface area contributed by atoms with Crippen molar-refractivity contribution in [2.24, 2.45) is 0 Å². The Morgan fingerprint density at radius 3 is 2.20 bits per heavy atom. The lowest BCUT2D eigenvalue weighted by atomic mass is 10.1. The highest BCUT2D eigenvalue weighted by molar-refractivity contribution is 5.63. The van der Waals surface area contributed by atoms with Crippen molar-refractivity contribution in [3.05, 3.63) is 78.4 Å². The summed E-state index contributed by atoms with van der Waals surface area (Å²) in [6, 6.07) is 23.9. The molecule has 0 spiro atoms. The van der Waals surface area contributed by atoms with Gasteiger partial charge >= 0.3 is 0 Å². The van der Waals surface area contributed by atoms with Gasteiger partial charge in [0.05, 0.1) is 14.2 Å². The van der Waals surface area contributed by atoms with Gasteiger partial charge in [-0.15, -0.1) is 0 Å². The fourth-order valence-corrected chi connectivity index (χ4v) is 3.41. The van der Waals surface area contributed by atoms with Crippen molar-refractivity contribution in [2.45, 2.75) is 12.6 Å². The van der Waals surface area contributed by atoms with Crippen molar-refractivity contribution >= 4 is 0 Å². The van der Waals surface area contributed by atoms with Crippen LogP contribution in [0, 0.1) is 0 Å². The van der Waals surface area contributed by atoms with Gasteiger partial charge in [0.2, 0.25) is 0 Å². The number of likely N-dealkylation sites (N-methyl/N-ethyl adjacent to an activating group) is 1. The maximum Gasteiger partial charge on any atom is 0.165 e. The molecule has 3 aromatic carbocycles. The predicted molar refractivity (Wildman–Crippen MR) is 119 cm³/mol. The molecule has 0 aliphatic heterocycles. The standard InChI is InChI=1S/C25H29NO4/c1-26(16-21-10-7-11-24(28-2)25(21)29-3)17-22(27)18-30-23-14-12-20(13-15-23)19-8-5-4-6-9-19/h4-15,22,27H,16-18H2,1-3H3. The summed E-state index contributed by atoms with van der Waals surface area (Å²) in [7, 11) is 5.21. The molecule has 3 rings (SSSR count). The summed E-state index contributed by atoms with van der Waals surface area (Å²) in [4.78, 5) is 2.03. The minimum atomic E-state index is -0.611. The van der Waals surface area contributed by atoms with Gasteiger partial charge in [-0.3, -0.25) is 4.90 Å². The Morgan fingerprint density at radius 1 is 0.833 bits per heavy atom. The first-order valence-corrected chi connectivity index (χ1v) is 9.95. The van der Waals surface area contributed by atoms with Crippen molar-refractivity contribution in [3.8, 4) is 28.4 Å². The molecule has 0 heterocycles. The largest absolute Gasteiger partial charge is 0.493 e. The van der Waals surface area contributed by atoms with Gasteiger partial charge in [-0.2, -0.15) is 0 Å². The third-order valence-corrected chi connectivity index (χ3v) is 4.85. The smallest absolute Gasteiger partial charge is 0.165 e. The molecule has 0 saturated carbocycles. The summed E-state index contributed by atoms with van der Waals surface area (Å²) in [5.41, 5.74) is 3.30. The number of aliphatic hydroxyl groups is 1. The molecule has 0 bridgehead atoms. The predicted octanol–water partition coefficient (Wildman–Crippen LogP) is 4.24. The van der Waals surface area contributed by atoms with E-state index in [0.29, 0.717) is 18.8 Å². The number of ether oxygens (including phenoxy) is 3. The average molecular weight is 408 g/mol. The number of rotatable bonds is 10. The Labute approximate surface area is 178 Å². The van der Waals surface area contributed by atoms with Crippen LogP contribution in [0.25, 0.3) is 11.1 Å². The Bertz CT molecular complexity index is 912. The van der Waals surface area contributed by atoms with Crippen molar-refractivity contribution < 1.29 is 19.3 Å². The van der Waals surface area contributed by atoms with Crippen LogP contribution in [0.1, 0.15) is 5.56 Å². The second kappa shape index (κ2) is 10.7. The summed E-state index contributed by atoms with van der Waals surface area (Å²) in [5.74, 6) is 2.16. The molecule has 158 valence electrons. The van der Waals surface area contributed by atoms with Crippen LogP contribution in [-0.4, -0.2) is 50.5 Å². The highest BCUT2D eigenvalue weighted by atomic mass is 16.5. The van der Waals surface area contributed by atoms with Crippen molar-refractivity contribution in [3.63, 3.8) is 0 Å². The van der Waals surface area contributed by atoms with E-state index in [2.05, 4.69) is 12.1 Å². The van der Waals surface area contributed by atoms with Gasteiger partial charge in [0.25, 0.3) is 0 Å². The van der Waals surface area contributed by atoms with E-state index >= 15 is 0 Å². The number of nitrogens with zero attached hydrogens (tertiary/aromatic N) is 1. The first kappa shape index (κ1) is 21.7. The zero-order valence-electron chi connectivity index (χ0n) is 17.7. The first-order valence-electron chi connectivity index (χ1n) is 9.95. The zero-order chi connectivity index (χ0) is 21.3. The van der Waals surface area contributed by atoms with Crippen LogP contribution in [0.5, 0.6) is 17.2 Å². The van der Waals surface area contributed by atoms with E-state index < -0.39 is 6.10 Å². The molecule has 0 amide bonds. The first-order chi connectivity index (χ1) is 14.6. The van der Waals surface area contributed by atoms with E-state index in [1.54, 1.807) is 14.2 Å². The molecular formula is C25H29NO4. The van der Waals surface area contributed by atoms with Crippen LogP contribution >= 0.6 is 0 Å². The Kier molecular flexibility index (Phi) is 7.71. The van der Waals surface area contributed by atoms with Gasteiger partial charge in [0.15, 0.2) is 11.5 Å². The monoisotopic (exact) mass is 407 g/mol. The molecule has 1 N–H and O–H groups in total. The molecule has 0 radical (unpaired) electrons. The normalized spacial score (nSPS) is 11.9. The van der Waals surface area contributed by atoms with Crippen molar-refractivity contribution in [1.29, 1.82) is 0 Å². The molecule has 30 heavy (non-hydrogen) atoms. The van der Waals surface area contributed by atoms with E-state index in [-0.39, 0.29) is 6.61 Å².